The number of nitrogens with one attached hydrogen (secondary N) is 1. The predicted molar refractivity (Wildman–Crippen MR) is 101 cm³/mol. The van der Waals surface area contributed by atoms with Crippen molar-refractivity contribution in [3.8, 4) is 0 Å². The molecule has 2 aliphatic rings. The predicted octanol–water partition coefficient (Wildman–Crippen LogP) is -0.715. The second-order valence-corrected chi connectivity index (χ2v) is 7.47. The number of carbonyl (C=O) groups excluding carboxylic acids is 2. The van der Waals surface area contributed by atoms with E-state index in [0.717, 1.165) is 17.0 Å². The average molecular weight is 400 g/mol. The van der Waals surface area contributed by atoms with Crippen molar-refractivity contribution in [2.24, 2.45) is 0 Å². The van der Waals surface area contributed by atoms with Crippen molar-refractivity contribution in [1.82, 2.24) is 30.0 Å². The maximum atomic E-state index is 12.8. The number of fused-ring (bicyclic) bond motifs is 1. The van der Waals surface area contributed by atoms with Gasteiger partial charge in [0.2, 0.25) is 5.91 Å². The molecule has 4 rings (SSSR count). The summed E-state index contributed by atoms with van der Waals surface area (Å²) in [6.45, 7) is 1.38. The van der Waals surface area contributed by atoms with E-state index in [0.29, 0.717) is 51.0 Å². The van der Waals surface area contributed by atoms with Gasteiger partial charge in [0, 0.05) is 50.2 Å². The Morgan fingerprint density at radius 2 is 2.03 bits per heavy atom. The second kappa shape index (κ2) is 8.26. The number of nitrogens with zero attached hydrogens (tertiary/aromatic N) is 5. The van der Waals surface area contributed by atoms with E-state index in [9.17, 15) is 19.8 Å². The van der Waals surface area contributed by atoms with Crippen LogP contribution in [0.25, 0.3) is 0 Å². The minimum Gasteiger partial charge on any atom is -0.390 e. The zero-order valence-electron chi connectivity index (χ0n) is 16.0. The Morgan fingerprint density at radius 3 is 2.79 bits per heavy atom. The molecule has 2 aromatic heterocycles. The van der Waals surface area contributed by atoms with Crippen molar-refractivity contribution < 1.29 is 19.8 Å². The fourth-order valence-electron chi connectivity index (χ4n) is 3.81. The first-order chi connectivity index (χ1) is 14.0. The summed E-state index contributed by atoms with van der Waals surface area (Å²) in [5.41, 5.74) is 2.72. The van der Waals surface area contributed by atoms with Crippen LogP contribution in [0.2, 0.25) is 0 Å². The number of aryl methyl sites for hydroxylation is 1. The van der Waals surface area contributed by atoms with E-state index >= 15 is 0 Å². The third-order valence-corrected chi connectivity index (χ3v) is 5.53. The second-order valence-electron chi connectivity index (χ2n) is 7.47. The summed E-state index contributed by atoms with van der Waals surface area (Å²) in [5.74, 6) is -0.229. The van der Waals surface area contributed by atoms with Crippen LogP contribution >= 0.6 is 0 Å². The minimum absolute atomic E-state index is 0.0249. The summed E-state index contributed by atoms with van der Waals surface area (Å²) >= 11 is 0. The van der Waals surface area contributed by atoms with E-state index in [1.165, 1.54) is 4.90 Å². The molecular weight excluding hydrogens is 376 g/mol. The molecule has 1 saturated heterocycles. The van der Waals surface area contributed by atoms with E-state index in [-0.39, 0.29) is 18.4 Å². The molecule has 0 aliphatic carbocycles. The Labute approximate surface area is 167 Å². The molecule has 2 aliphatic heterocycles. The van der Waals surface area contributed by atoms with E-state index in [1.54, 1.807) is 23.5 Å². The first-order valence-electron chi connectivity index (χ1n) is 9.77. The van der Waals surface area contributed by atoms with Gasteiger partial charge in [0.15, 0.2) is 5.69 Å². The van der Waals surface area contributed by atoms with E-state index in [1.807, 2.05) is 0 Å². The molecule has 2 atom stereocenters. The van der Waals surface area contributed by atoms with Crippen LogP contribution in [0.1, 0.15) is 40.3 Å². The molecule has 4 heterocycles. The molecule has 10 heteroatoms. The fourth-order valence-corrected chi connectivity index (χ4v) is 3.81. The molecule has 29 heavy (non-hydrogen) atoms. The van der Waals surface area contributed by atoms with Gasteiger partial charge in [-0.3, -0.25) is 24.7 Å². The molecule has 1 fully saturated rings. The molecular formula is C19H24N6O4. The highest BCUT2D eigenvalue weighted by atomic mass is 16.3. The highest BCUT2D eigenvalue weighted by molar-refractivity contribution is 5.94. The van der Waals surface area contributed by atoms with Gasteiger partial charge in [-0.1, -0.05) is 0 Å². The van der Waals surface area contributed by atoms with Crippen LogP contribution in [-0.4, -0.2) is 83.8 Å². The van der Waals surface area contributed by atoms with Gasteiger partial charge in [0.1, 0.15) is 0 Å². The van der Waals surface area contributed by atoms with Crippen LogP contribution in [0, 0.1) is 0 Å². The van der Waals surface area contributed by atoms with Gasteiger partial charge in [-0.2, -0.15) is 5.10 Å². The number of hydrogen-bond acceptors (Lipinski definition) is 7. The maximum absolute atomic E-state index is 12.8. The van der Waals surface area contributed by atoms with E-state index < -0.39 is 12.2 Å². The lowest BCUT2D eigenvalue weighted by Gasteiger charge is -2.33. The van der Waals surface area contributed by atoms with Crippen molar-refractivity contribution in [2.45, 2.75) is 44.4 Å². The third kappa shape index (κ3) is 4.13. The number of aromatic nitrogens is 4. The lowest BCUT2D eigenvalue weighted by Crippen LogP contribution is -2.49. The van der Waals surface area contributed by atoms with Crippen LogP contribution in [0.5, 0.6) is 0 Å². The number of hydrogen-bond donors (Lipinski definition) is 3. The fraction of sp³-hybridized carbons (Fsp3) is 0.526. The van der Waals surface area contributed by atoms with Crippen molar-refractivity contribution in [3.05, 3.63) is 41.2 Å². The Balaban J connectivity index is 1.38. The Morgan fingerprint density at radius 1 is 1.17 bits per heavy atom. The minimum atomic E-state index is -0.940. The number of amides is 2. The Hall–Kier alpha value is -2.85. The van der Waals surface area contributed by atoms with Gasteiger partial charge in [0.05, 0.1) is 30.1 Å². The van der Waals surface area contributed by atoms with E-state index in [2.05, 4.69) is 20.2 Å². The standard InChI is InChI=1S/C19H24N6O4/c26-15-4-8-25(11-16(15)27)19(29)18-13-3-7-24(10-14(13)22-23-18)17(28)2-1-12-9-20-5-6-21-12/h5-6,9,15-16,26-27H,1-4,7-8,10-11H2,(H,22,23)/t15-,16+/m0/s1. The van der Waals surface area contributed by atoms with Gasteiger partial charge in [-0.25, -0.2) is 0 Å². The van der Waals surface area contributed by atoms with Crippen LogP contribution in [-0.2, 0) is 24.2 Å². The zero-order valence-corrected chi connectivity index (χ0v) is 16.0. The molecule has 2 aromatic rings. The number of β-amino-alcohol motifs (C(OH)–C–C–N with tert-alkyl or cyclic N) is 1. The van der Waals surface area contributed by atoms with Gasteiger partial charge in [-0.05, 0) is 19.3 Å². The molecule has 154 valence electrons. The van der Waals surface area contributed by atoms with Crippen molar-refractivity contribution in [3.63, 3.8) is 0 Å². The quantitative estimate of drug-likeness (QED) is 0.616. The summed E-state index contributed by atoms with van der Waals surface area (Å²) in [6, 6.07) is 0. The number of likely N-dealkylation sites (tertiary alicyclic amines) is 1. The van der Waals surface area contributed by atoms with Crippen molar-refractivity contribution >= 4 is 11.8 Å². The first-order valence-corrected chi connectivity index (χ1v) is 9.77. The van der Waals surface area contributed by atoms with Crippen LogP contribution in [0.15, 0.2) is 18.6 Å². The smallest absolute Gasteiger partial charge is 0.274 e. The van der Waals surface area contributed by atoms with Gasteiger partial charge < -0.3 is 20.0 Å². The number of aliphatic hydroxyl groups is 2. The summed E-state index contributed by atoms with van der Waals surface area (Å²) in [5, 5.41) is 26.6. The van der Waals surface area contributed by atoms with Crippen LogP contribution in [0.4, 0.5) is 0 Å². The zero-order chi connectivity index (χ0) is 20.4. The van der Waals surface area contributed by atoms with Crippen molar-refractivity contribution in [1.29, 1.82) is 0 Å². The topological polar surface area (TPSA) is 136 Å². The lowest BCUT2D eigenvalue weighted by molar-refractivity contribution is -0.132. The molecule has 0 spiro atoms. The molecule has 3 N–H and O–H groups in total. The molecule has 0 unspecified atom stereocenters. The number of aliphatic hydroxyl groups excluding tert-OH is 2. The van der Waals surface area contributed by atoms with Gasteiger partial charge in [0.25, 0.3) is 5.91 Å². The van der Waals surface area contributed by atoms with Gasteiger partial charge >= 0.3 is 0 Å². The van der Waals surface area contributed by atoms with Crippen LogP contribution in [0.3, 0.4) is 0 Å². The largest absolute Gasteiger partial charge is 0.390 e. The number of rotatable bonds is 4. The highest BCUT2D eigenvalue weighted by Crippen LogP contribution is 2.23. The SMILES string of the molecule is O=C(CCc1cnccn1)N1CCc2c(C(=O)N3CC[C@H](O)[C@H](O)C3)n[nH]c2C1. The Kier molecular flexibility index (Phi) is 5.54. The first kappa shape index (κ1) is 19.5. The summed E-state index contributed by atoms with van der Waals surface area (Å²) in [4.78, 5) is 36.8. The van der Waals surface area contributed by atoms with Crippen molar-refractivity contribution in [2.75, 3.05) is 19.6 Å². The summed E-state index contributed by atoms with van der Waals surface area (Å²) < 4.78 is 0. The number of piperidine rings is 1. The average Bonchev–Trinajstić information content (AvgIpc) is 3.17. The summed E-state index contributed by atoms with van der Waals surface area (Å²) in [6.07, 6.45) is 4.90. The molecule has 10 nitrogen and oxygen atoms in total. The molecule has 2 amide bonds. The number of H-pyrrole nitrogens is 1. The molecule has 0 bridgehead atoms. The molecule has 0 saturated carbocycles. The maximum Gasteiger partial charge on any atom is 0.274 e. The highest BCUT2D eigenvalue weighted by Gasteiger charge is 2.33. The summed E-state index contributed by atoms with van der Waals surface area (Å²) in [7, 11) is 0. The number of aromatic amines is 1. The lowest BCUT2D eigenvalue weighted by atomic mass is 10.0. The van der Waals surface area contributed by atoms with Crippen LogP contribution < -0.4 is 0 Å². The Bertz CT molecular complexity index is 886. The normalized spacial score (nSPS) is 21.7. The molecule has 0 aromatic carbocycles. The van der Waals surface area contributed by atoms with Gasteiger partial charge in [-0.15, -0.1) is 0 Å². The molecule has 0 radical (unpaired) electrons. The monoisotopic (exact) mass is 400 g/mol. The third-order valence-electron chi connectivity index (χ3n) is 5.53. The van der Waals surface area contributed by atoms with E-state index in [4.69, 9.17) is 0 Å². The number of carbonyl (C=O) groups is 2.